The Morgan fingerprint density at radius 2 is 2.23 bits per heavy atom. The Hall–Kier alpha value is -2.24. The van der Waals surface area contributed by atoms with E-state index in [2.05, 4.69) is 15.1 Å². The van der Waals surface area contributed by atoms with E-state index in [0.717, 1.165) is 41.5 Å². The third-order valence-corrected chi connectivity index (χ3v) is 4.23. The zero-order chi connectivity index (χ0) is 15.7. The number of carbonyl (C=O) groups is 1. The lowest BCUT2D eigenvalue weighted by Crippen LogP contribution is -2.30. The summed E-state index contributed by atoms with van der Waals surface area (Å²) in [5, 5.41) is 3.90. The molecule has 0 unspecified atom stereocenters. The third kappa shape index (κ3) is 2.86. The molecule has 1 saturated heterocycles. The van der Waals surface area contributed by atoms with Crippen LogP contribution in [0.15, 0.2) is 16.8 Å². The van der Waals surface area contributed by atoms with E-state index in [1.807, 2.05) is 31.7 Å². The van der Waals surface area contributed by atoms with Gasteiger partial charge in [0.05, 0.1) is 12.1 Å². The number of hydrogen-bond donors (Lipinski definition) is 0. The largest absolute Gasteiger partial charge is 0.361 e. The van der Waals surface area contributed by atoms with Crippen molar-refractivity contribution in [1.82, 2.24) is 20.0 Å². The molecule has 0 aliphatic carbocycles. The summed E-state index contributed by atoms with van der Waals surface area (Å²) in [4.78, 5) is 23.2. The van der Waals surface area contributed by atoms with Gasteiger partial charge in [0.2, 0.25) is 5.91 Å². The lowest BCUT2D eigenvalue weighted by atomic mass is 10.1. The van der Waals surface area contributed by atoms with Crippen LogP contribution in [0.5, 0.6) is 0 Å². The van der Waals surface area contributed by atoms with E-state index in [-0.39, 0.29) is 11.8 Å². The molecule has 1 amide bonds. The van der Waals surface area contributed by atoms with Crippen molar-refractivity contribution in [3.63, 3.8) is 0 Å². The van der Waals surface area contributed by atoms with E-state index in [4.69, 9.17) is 4.52 Å². The molecule has 0 saturated carbocycles. The molecule has 1 aliphatic rings. The van der Waals surface area contributed by atoms with Crippen molar-refractivity contribution in [2.45, 2.75) is 39.5 Å². The quantitative estimate of drug-likeness (QED) is 0.866. The SMILES string of the molecule is Cc1ccnc([C@@H]2CCN(C(=O)Cc3c(C)noc3C)C2)n1. The smallest absolute Gasteiger partial charge is 0.227 e. The van der Waals surface area contributed by atoms with Gasteiger partial charge in [-0.3, -0.25) is 4.79 Å². The second-order valence-corrected chi connectivity index (χ2v) is 5.86. The molecular weight excluding hydrogens is 280 g/mol. The molecule has 1 atom stereocenters. The number of aryl methyl sites for hydroxylation is 3. The van der Waals surface area contributed by atoms with E-state index < -0.39 is 0 Å². The summed E-state index contributed by atoms with van der Waals surface area (Å²) in [6.45, 7) is 7.11. The number of rotatable bonds is 3. The number of nitrogens with zero attached hydrogens (tertiary/aromatic N) is 4. The van der Waals surface area contributed by atoms with Crippen LogP contribution >= 0.6 is 0 Å². The van der Waals surface area contributed by atoms with Gasteiger partial charge >= 0.3 is 0 Å². The normalized spacial score (nSPS) is 18.0. The first-order valence-electron chi connectivity index (χ1n) is 7.53. The van der Waals surface area contributed by atoms with Crippen LogP contribution in [-0.2, 0) is 11.2 Å². The molecule has 0 N–H and O–H groups in total. The summed E-state index contributed by atoms with van der Waals surface area (Å²) < 4.78 is 5.12. The molecule has 3 heterocycles. The van der Waals surface area contributed by atoms with Crippen LogP contribution < -0.4 is 0 Å². The summed E-state index contributed by atoms with van der Waals surface area (Å²) in [7, 11) is 0. The van der Waals surface area contributed by atoms with Crippen molar-refractivity contribution in [1.29, 1.82) is 0 Å². The van der Waals surface area contributed by atoms with Gasteiger partial charge in [-0.05, 0) is 33.3 Å². The summed E-state index contributed by atoms with van der Waals surface area (Å²) in [6.07, 6.45) is 3.05. The molecule has 0 spiro atoms. The first-order chi connectivity index (χ1) is 10.5. The van der Waals surface area contributed by atoms with E-state index in [1.54, 1.807) is 6.20 Å². The molecule has 1 fully saturated rings. The highest BCUT2D eigenvalue weighted by Gasteiger charge is 2.29. The summed E-state index contributed by atoms with van der Waals surface area (Å²) in [5.74, 6) is 1.91. The van der Waals surface area contributed by atoms with Crippen molar-refractivity contribution in [3.05, 3.63) is 40.8 Å². The average Bonchev–Trinajstić information content (AvgIpc) is 3.10. The van der Waals surface area contributed by atoms with E-state index in [0.29, 0.717) is 13.0 Å². The van der Waals surface area contributed by atoms with Crippen molar-refractivity contribution >= 4 is 5.91 Å². The molecule has 0 bridgehead atoms. The van der Waals surface area contributed by atoms with Crippen molar-refractivity contribution in [2.75, 3.05) is 13.1 Å². The maximum atomic E-state index is 12.5. The molecule has 6 heteroatoms. The van der Waals surface area contributed by atoms with Crippen LogP contribution in [0, 0.1) is 20.8 Å². The van der Waals surface area contributed by atoms with Crippen molar-refractivity contribution in [3.8, 4) is 0 Å². The fourth-order valence-corrected chi connectivity index (χ4v) is 2.88. The Kier molecular flexibility index (Phi) is 3.92. The number of likely N-dealkylation sites (tertiary alicyclic amines) is 1. The van der Waals surface area contributed by atoms with Crippen LogP contribution in [0.25, 0.3) is 0 Å². The van der Waals surface area contributed by atoms with E-state index in [9.17, 15) is 4.79 Å². The van der Waals surface area contributed by atoms with Crippen LogP contribution in [-0.4, -0.2) is 39.0 Å². The topological polar surface area (TPSA) is 72.1 Å². The molecule has 22 heavy (non-hydrogen) atoms. The minimum Gasteiger partial charge on any atom is -0.361 e. The lowest BCUT2D eigenvalue weighted by molar-refractivity contribution is -0.129. The zero-order valence-electron chi connectivity index (χ0n) is 13.2. The Bertz CT molecular complexity index is 676. The maximum absolute atomic E-state index is 12.5. The van der Waals surface area contributed by atoms with E-state index >= 15 is 0 Å². The number of aromatic nitrogens is 3. The number of hydrogen-bond acceptors (Lipinski definition) is 5. The summed E-state index contributed by atoms with van der Waals surface area (Å²) in [5.41, 5.74) is 2.66. The van der Waals surface area contributed by atoms with Gasteiger partial charge in [-0.1, -0.05) is 5.16 Å². The van der Waals surface area contributed by atoms with E-state index in [1.165, 1.54) is 0 Å². The molecule has 6 nitrogen and oxygen atoms in total. The van der Waals surface area contributed by atoms with Gasteiger partial charge in [-0.25, -0.2) is 9.97 Å². The Labute approximate surface area is 129 Å². The molecule has 0 radical (unpaired) electrons. The van der Waals surface area contributed by atoms with Crippen LogP contribution in [0.1, 0.15) is 40.9 Å². The van der Waals surface area contributed by atoms with Gasteiger partial charge in [0.15, 0.2) is 0 Å². The molecule has 0 aromatic carbocycles. The molecule has 116 valence electrons. The van der Waals surface area contributed by atoms with Gasteiger partial charge in [-0.15, -0.1) is 0 Å². The maximum Gasteiger partial charge on any atom is 0.227 e. The summed E-state index contributed by atoms with van der Waals surface area (Å²) in [6, 6.07) is 1.89. The van der Waals surface area contributed by atoms with Crippen molar-refractivity contribution < 1.29 is 9.32 Å². The summed E-state index contributed by atoms with van der Waals surface area (Å²) >= 11 is 0. The highest BCUT2D eigenvalue weighted by molar-refractivity contribution is 5.79. The van der Waals surface area contributed by atoms with Gasteiger partial charge in [0.25, 0.3) is 0 Å². The second kappa shape index (κ2) is 5.87. The lowest BCUT2D eigenvalue weighted by Gasteiger charge is -2.16. The third-order valence-electron chi connectivity index (χ3n) is 4.23. The fraction of sp³-hybridized carbons (Fsp3) is 0.500. The number of amides is 1. The second-order valence-electron chi connectivity index (χ2n) is 5.86. The predicted molar refractivity (Wildman–Crippen MR) is 80.4 cm³/mol. The minimum atomic E-state index is 0.115. The molecular formula is C16H20N4O2. The first kappa shape index (κ1) is 14.7. The monoisotopic (exact) mass is 300 g/mol. The standard InChI is InChI=1S/C16H20N4O2/c1-10-4-6-17-16(18-10)13-5-7-20(9-13)15(21)8-14-11(2)19-22-12(14)3/h4,6,13H,5,7-9H2,1-3H3/t13-/m1/s1. The molecule has 2 aromatic rings. The Balaban J connectivity index is 1.66. The first-order valence-corrected chi connectivity index (χ1v) is 7.53. The van der Waals surface area contributed by atoms with Crippen LogP contribution in [0.3, 0.4) is 0 Å². The zero-order valence-corrected chi connectivity index (χ0v) is 13.2. The van der Waals surface area contributed by atoms with Gasteiger partial charge in [0, 0.05) is 36.5 Å². The molecule has 3 rings (SSSR count). The average molecular weight is 300 g/mol. The van der Waals surface area contributed by atoms with Gasteiger partial charge in [-0.2, -0.15) is 0 Å². The fourth-order valence-electron chi connectivity index (χ4n) is 2.88. The van der Waals surface area contributed by atoms with Gasteiger partial charge < -0.3 is 9.42 Å². The molecule has 2 aromatic heterocycles. The highest BCUT2D eigenvalue weighted by atomic mass is 16.5. The Morgan fingerprint density at radius 3 is 2.91 bits per heavy atom. The predicted octanol–water partition coefficient (Wildman–Crippen LogP) is 1.95. The van der Waals surface area contributed by atoms with Crippen molar-refractivity contribution in [2.24, 2.45) is 0 Å². The van der Waals surface area contributed by atoms with Gasteiger partial charge in [0.1, 0.15) is 11.6 Å². The number of carbonyl (C=O) groups excluding carboxylic acids is 1. The van der Waals surface area contributed by atoms with Crippen LogP contribution in [0.4, 0.5) is 0 Å². The van der Waals surface area contributed by atoms with Crippen LogP contribution in [0.2, 0.25) is 0 Å². The minimum absolute atomic E-state index is 0.115. The highest BCUT2D eigenvalue weighted by Crippen LogP contribution is 2.25. The Morgan fingerprint density at radius 1 is 1.41 bits per heavy atom. The molecule has 1 aliphatic heterocycles.